The number of anilines is 1. The van der Waals surface area contributed by atoms with Crippen molar-refractivity contribution in [1.82, 2.24) is 29.6 Å². The van der Waals surface area contributed by atoms with Gasteiger partial charge in [-0.25, -0.2) is 24.8 Å². The predicted octanol–water partition coefficient (Wildman–Crippen LogP) is 0.974. The molecule has 0 radical (unpaired) electrons. The van der Waals surface area contributed by atoms with E-state index < -0.39 is 10.2 Å². The van der Waals surface area contributed by atoms with E-state index >= 15 is 0 Å². The molecular formula is C21H24N8O5S2. The van der Waals surface area contributed by atoms with Gasteiger partial charge in [-0.05, 0) is 24.3 Å². The van der Waals surface area contributed by atoms with Gasteiger partial charge < -0.3 is 29.5 Å². The highest BCUT2D eigenvalue weighted by Gasteiger charge is 2.22. The normalized spacial score (nSPS) is 13.4. The monoisotopic (exact) mass is 532 g/mol. The lowest BCUT2D eigenvalue weighted by Gasteiger charge is -2.20. The molecule has 190 valence electrons. The largest absolute Gasteiger partial charge is 0.486 e. The molecule has 0 spiro atoms. The van der Waals surface area contributed by atoms with Crippen molar-refractivity contribution in [1.29, 1.82) is 0 Å². The van der Waals surface area contributed by atoms with Crippen molar-refractivity contribution in [2.75, 3.05) is 38.6 Å². The van der Waals surface area contributed by atoms with Gasteiger partial charge in [0.2, 0.25) is 0 Å². The summed E-state index contributed by atoms with van der Waals surface area (Å²) in [6.07, 6.45) is 3.01. The molecule has 0 atom stereocenters. The van der Waals surface area contributed by atoms with Crippen molar-refractivity contribution in [2.24, 2.45) is 5.14 Å². The molecule has 1 aromatic carbocycles. The van der Waals surface area contributed by atoms with E-state index in [1.165, 1.54) is 18.1 Å². The third kappa shape index (κ3) is 5.39. The second kappa shape index (κ2) is 10.3. The number of nitrogens with one attached hydrogen (secondary N) is 2. The highest BCUT2D eigenvalue weighted by Crippen LogP contribution is 2.44. The standard InChI is InChI=1S/C21H24N8O5S2/c22-19-18-20(26-12-25-19)29(6-5-24-3-4-27-36(23,30)31)21(28-18)35-17-11-16-15(33-8-9-34-16)10-13(17)14-2-1-7-32-14/h1-2,7,10-12,24,27H,3-6,8-9H2,(H2,22,25,26)(H2,23,30,31). The van der Waals surface area contributed by atoms with Gasteiger partial charge in [0, 0.05) is 36.6 Å². The fourth-order valence-electron chi connectivity index (χ4n) is 3.69. The molecule has 1 aliphatic heterocycles. The number of aromatic nitrogens is 4. The zero-order chi connectivity index (χ0) is 25.1. The molecule has 4 heterocycles. The molecule has 1 aliphatic rings. The van der Waals surface area contributed by atoms with Gasteiger partial charge in [-0.1, -0.05) is 11.8 Å². The minimum Gasteiger partial charge on any atom is -0.486 e. The van der Waals surface area contributed by atoms with E-state index in [0.717, 1.165) is 10.5 Å². The number of rotatable bonds is 10. The van der Waals surface area contributed by atoms with Gasteiger partial charge in [-0.2, -0.15) is 8.42 Å². The van der Waals surface area contributed by atoms with Crippen LogP contribution in [0.1, 0.15) is 0 Å². The summed E-state index contributed by atoms with van der Waals surface area (Å²) in [7, 11) is -3.73. The van der Waals surface area contributed by atoms with Crippen LogP contribution in [0.3, 0.4) is 0 Å². The number of nitrogens with zero attached hydrogens (tertiary/aromatic N) is 4. The minimum atomic E-state index is -3.73. The van der Waals surface area contributed by atoms with E-state index in [4.69, 9.17) is 29.7 Å². The Hall–Kier alpha value is -3.37. The van der Waals surface area contributed by atoms with Crippen LogP contribution in [0.5, 0.6) is 11.5 Å². The van der Waals surface area contributed by atoms with Crippen molar-refractivity contribution in [3.05, 3.63) is 36.9 Å². The Kier molecular flexibility index (Phi) is 6.97. The second-order valence-electron chi connectivity index (χ2n) is 7.74. The van der Waals surface area contributed by atoms with Crippen molar-refractivity contribution in [3.8, 4) is 22.8 Å². The van der Waals surface area contributed by atoms with Gasteiger partial charge in [-0.15, -0.1) is 0 Å². The molecule has 0 bridgehead atoms. The number of nitrogen functional groups attached to an aromatic ring is 1. The summed E-state index contributed by atoms with van der Waals surface area (Å²) in [4.78, 5) is 14.0. The van der Waals surface area contributed by atoms with Crippen molar-refractivity contribution < 1.29 is 22.3 Å². The summed E-state index contributed by atoms with van der Waals surface area (Å²) < 4.78 is 43.5. The van der Waals surface area contributed by atoms with Crippen LogP contribution in [-0.2, 0) is 16.8 Å². The number of hydrogen-bond acceptors (Lipinski definition) is 11. The van der Waals surface area contributed by atoms with Crippen LogP contribution in [0.2, 0.25) is 0 Å². The van der Waals surface area contributed by atoms with Crippen LogP contribution in [0.25, 0.3) is 22.5 Å². The van der Waals surface area contributed by atoms with Crippen molar-refractivity contribution in [3.63, 3.8) is 0 Å². The van der Waals surface area contributed by atoms with E-state index in [1.54, 1.807) is 6.26 Å². The first kappa shape index (κ1) is 24.3. The van der Waals surface area contributed by atoms with Gasteiger partial charge in [0.1, 0.15) is 25.3 Å². The maximum atomic E-state index is 11.0. The van der Waals surface area contributed by atoms with Gasteiger partial charge in [0.05, 0.1) is 6.26 Å². The average molecular weight is 533 g/mol. The van der Waals surface area contributed by atoms with Gasteiger partial charge in [0.25, 0.3) is 10.2 Å². The van der Waals surface area contributed by atoms with Crippen LogP contribution in [0.15, 0.2) is 51.3 Å². The summed E-state index contributed by atoms with van der Waals surface area (Å²) in [5.41, 5.74) is 8.00. The summed E-state index contributed by atoms with van der Waals surface area (Å²) in [6, 6.07) is 7.51. The van der Waals surface area contributed by atoms with Crippen molar-refractivity contribution in [2.45, 2.75) is 16.6 Å². The average Bonchev–Trinajstić information content (AvgIpc) is 3.50. The van der Waals surface area contributed by atoms with Crippen LogP contribution < -0.4 is 30.4 Å². The number of furan rings is 1. The van der Waals surface area contributed by atoms with E-state index in [1.807, 2.05) is 28.8 Å². The van der Waals surface area contributed by atoms with Crippen LogP contribution in [0.4, 0.5) is 5.82 Å². The Morgan fingerprint density at radius 3 is 2.67 bits per heavy atom. The third-order valence-electron chi connectivity index (χ3n) is 5.27. The molecular weight excluding hydrogens is 508 g/mol. The first-order chi connectivity index (χ1) is 17.4. The number of ether oxygens (including phenoxy) is 2. The summed E-state index contributed by atoms with van der Waals surface area (Å²) in [5.74, 6) is 2.25. The topological polar surface area (TPSA) is 185 Å². The summed E-state index contributed by atoms with van der Waals surface area (Å²) >= 11 is 1.42. The van der Waals surface area contributed by atoms with Crippen LogP contribution >= 0.6 is 11.8 Å². The Labute approximate surface area is 210 Å². The third-order valence-corrected chi connectivity index (χ3v) is 6.93. The van der Waals surface area contributed by atoms with E-state index in [0.29, 0.717) is 66.4 Å². The maximum absolute atomic E-state index is 11.0. The summed E-state index contributed by atoms with van der Waals surface area (Å²) in [6.45, 7) is 2.52. The van der Waals surface area contributed by atoms with Crippen LogP contribution in [-0.4, -0.2) is 60.8 Å². The molecule has 15 heteroatoms. The Morgan fingerprint density at radius 1 is 1.11 bits per heavy atom. The highest BCUT2D eigenvalue weighted by atomic mass is 32.2. The highest BCUT2D eigenvalue weighted by molar-refractivity contribution is 7.99. The van der Waals surface area contributed by atoms with E-state index in [-0.39, 0.29) is 12.4 Å². The van der Waals surface area contributed by atoms with Crippen molar-refractivity contribution >= 4 is 39.0 Å². The molecule has 0 aliphatic carbocycles. The number of hydrogen-bond donors (Lipinski definition) is 4. The molecule has 0 unspecified atom stereocenters. The molecule has 5 rings (SSSR count). The lowest BCUT2D eigenvalue weighted by Crippen LogP contribution is -2.36. The smallest absolute Gasteiger partial charge is 0.274 e. The molecule has 36 heavy (non-hydrogen) atoms. The first-order valence-electron chi connectivity index (χ1n) is 11.0. The quantitative estimate of drug-likeness (QED) is 0.213. The second-order valence-corrected chi connectivity index (χ2v) is 10.1. The Bertz CT molecular complexity index is 1470. The first-order valence-corrected chi connectivity index (χ1v) is 13.4. The number of benzene rings is 1. The van der Waals surface area contributed by atoms with Crippen LogP contribution in [0, 0.1) is 0 Å². The molecule has 3 aromatic heterocycles. The van der Waals surface area contributed by atoms with Gasteiger partial charge >= 0.3 is 0 Å². The van der Waals surface area contributed by atoms with Gasteiger partial charge in [0.15, 0.2) is 33.6 Å². The molecule has 0 fully saturated rings. The fraction of sp³-hybridized carbons (Fsp3) is 0.286. The zero-order valence-electron chi connectivity index (χ0n) is 19.0. The summed E-state index contributed by atoms with van der Waals surface area (Å²) in [5, 5.41) is 8.77. The molecule has 4 aromatic rings. The molecule has 6 N–H and O–H groups in total. The molecule has 0 saturated carbocycles. The zero-order valence-corrected chi connectivity index (χ0v) is 20.6. The molecule has 0 amide bonds. The molecule has 0 saturated heterocycles. The minimum absolute atomic E-state index is 0.171. The number of fused-ring (bicyclic) bond motifs is 2. The lowest BCUT2D eigenvalue weighted by molar-refractivity contribution is 0.171. The van der Waals surface area contributed by atoms with E-state index in [9.17, 15) is 8.42 Å². The lowest BCUT2D eigenvalue weighted by atomic mass is 10.1. The molecule has 13 nitrogen and oxygen atoms in total. The Balaban J connectivity index is 1.44. The van der Waals surface area contributed by atoms with Gasteiger partial charge in [-0.3, -0.25) is 0 Å². The van der Waals surface area contributed by atoms with E-state index in [2.05, 4.69) is 20.0 Å². The maximum Gasteiger partial charge on any atom is 0.274 e. The Morgan fingerprint density at radius 2 is 1.92 bits per heavy atom. The fourth-order valence-corrected chi connectivity index (χ4v) is 5.13. The number of imidazole rings is 1. The predicted molar refractivity (Wildman–Crippen MR) is 133 cm³/mol. The SMILES string of the molecule is Nc1ncnc2c1nc(Sc1cc3c(cc1-c1ccco1)OCCO3)n2CCNCCNS(N)(=O)=O. The number of nitrogens with two attached hydrogens (primary N) is 2.